The van der Waals surface area contributed by atoms with Crippen LogP contribution in [-0.4, -0.2) is 28.9 Å². The van der Waals surface area contributed by atoms with E-state index in [9.17, 15) is 10.0 Å². The number of hydrogen-bond acceptors (Lipinski definition) is 3. The van der Waals surface area contributed by atoms with Crippen LogP contribution in [0.1, 0.15) is 25.8 Å². The van der Waals surface area contributed by atoms with Gasteiger partial charge in [-0.2, -0.15) is 15.0 Å². The first-order valence-corrected chi connectivity index (χ1v) is 6.52. The predicted molar refractivity (Wildman–Crippen MR) is 68.5 cm³/mol. The van der Waals surface area contributed by atoms with E-state index in [0.29, 0.717) is 10.7 Å². The molecule has 2 aliphatic rings. The van der Waals surface area contributed by atoms with Gasteiger partial charge in [-0.3, -0.25) is 0 Å². The van der Waals surface area contributed by atoms with Gasteiger partial charge in [-0.05, 0) is 29.9 Å². The Morgan fingerprint density at radius 2 is 2.21 bits per heavy atom. The molecule has 1 saturated heterocycles. The first-order chi connectivity index (χ1) is 8.97. The van der Waals surface area contributed by atoms with E-state index in [2.05, 4.69) is 23.8 Å². The van der Waals surface area contributed by atoms with E-state index in [1.54, 1.807) is 0 Å². The zero-order valence-electron chi connectivity index (χ0n) is 11.1. The monoisotopic (exact) mass is 259 g/mol. The lowest BCUT2D eigenvalue weighted by Gasteiger charge is -2.46. The molecule has 5 heteroatoms. The summed E-state index contributed by atoms with van der Waals surface area (Å²) < 4.78 is 0. The normalized spacial score (nSPS) is 22.5. The number of urea groups is 1. The summed E-state index contributed by atoms with van der Waals surface area (Å²) in [6.07, 6.45) is 1.77. The van der Waals surface area contributed by atoms with Crippen molar-refractivity contribution in [3.05, 3.63) is 34.5 Å². The molecule has 1 fully saturated rings. The Morgan fingerprint density at radius 3 is 2.84 bits per heavy atom. The van der Waals surface area contributed by atoms with Crippen LogP contribution in [0, 0.1) is 5.41 Å². The van der Waals surface area contributed by atoms with Crippen LogP contribution in [0.5, 0.6) is 0 Å². The van der Waals surface area contributed by atoms with Gasteiger partial charge in [0.25, 0.3) is 0 Å². The predicted octanol–water partition coefficient (Wildman–Crippen LogP) is 1.09. The number of benzene rings is 1. The van der Waals surface area contributed by atoms with Gasteiger partial charge in [0.15, 0.2) is 0 Å². The van der Waals surface area contributed by atoms with Gasteiger partial charge < -0.3 is 5.21 Å². The average molecular weight is 259 g/mol. The fourth-order valence-corrected chi connectivity index (χ4v) is 2.94. The first-order valence-electron chi connectivity index (χ1n) is 6.52. The fourth-order valence-electron chi connectivity index (χ4n) is 2.94. The lowest BCUT2D eigenvalue weighted by Crippen LogP contribution is -2.54. The molecule has 1 unspecified atom stereocenters. The molecule has 2 aliphatic heterocycles. The molecule has 0 aliphatic carbocycles. The highest BCUT2D eigenvalue weighted by Crippen LogP contribution is 2.35. The third-order valence-electron chi connectivity index (χ3n) is 4.06. The Bertz CT molecular complexity index is 651. The van der Waals surface area contributed by atoms with Gasteiger partial charge in [-0.15, -0.1) is 0 Å². The average Bonchev–Trinajstić information content (AvgIpc) is 2.67. The van der Waals surface area contributed by atoms with Crippen molar-refractivity contribution in [2.24, 2.45) is 15.4 Å². The Hall–Kier alpha value is -1.59. The van der Waals surface area contributed by atoms with E-state index in [-0.39, 0.29) is 11.5 Å². The van der Waals surface area contributed by atoms with Crippen LogP contribution in [0.2, 0.25) is 0 Å². The van der Waals surface area contributed by atoms with Gasteiger partial charge in [-0.1, -0.05) is 26.0 Å². The summed E-state index contributed by atoms with van der Waals surface area (Å²) in [7, 11) is 0. The Kier molecular flexibility index (Phi) is 2.76. The summed E-state index contributed by atoms with van der Waals surface area (Å²) in [5, 5.41) is 12.5. The number of carbonyl (C=O) groups is 1. The SMILES string of the molecule is CC(C)(Cc1cccc2c1=NC(=O)N=2)C1CCN1O. The molecular formula is C14H17N3O2. The standard InChI is InChI=1S/C14H17N3O2/c1-14(2,11-6-7-17(11)19)8-9-4-3-5-10-12(9)16-13(18)15-10/h3-5,11,19H,6-8H2,1-2H3. The van der Waals surface area contributed by atoms with Gasteiger partial charge in [0.05, 0.1) is 10.7 Å². The second kappa shape index (κ2) is 4.21. The minimum Gasteiger partial charge on any atom is -0.314 e. The van der Waals surface area contributed by atoms with Crippen molar-refractivity contribution in [3.8, 4) is 0 Å². The molecule has 100 valence electrons. The van der Waals surface area contributed by atoms with Crippen molar-refractivity contribution in [1.82, 2.24) is 5.06 Å². The Balaban J connectivity index is 1.94. The van der Waals surface area contributed by atoms with E-state index in [4.69, 9.17) is 0 Å². The third kappa shape index (κ3) is 2.09. The van der Waals surface area contributed by atoms with Gasteiger partial charge in [0, 0.05) is 12.6 Å². The Labute approximate surface area is 111 Å². The minimum absolute atomic E-state index is 0.0662. The van der Waals surface area contributed by atoms with Crippen LogP contribution in [0.3, 0.4) is 0 Å². The van der Waals surface area contributed by atoms with E-state index >= 15 is 0 Å². The molecular weight excluding hydrogens is 242 g/mol. The minimum atomic E-state index is -0.423. The van der Waals surface area contributed by atoms with Crippen LogP contribution in [0.4, 0.5) is 4.79 Å². The first kappa shape index (κ1) is 12.4. The second-order valence-corrected chi connectivity index (χ2v) is 5.92. The second-order valence-electron chi connectivity index (χ2n) is 5.92. The zero-order valence-corrected chi connectivity index (χ0v) is 11.1. The molecule has 1 N–H and O–H groups in total. The molecule has 0 aromatic heterocycles. The molecule has 5 nitrogen and oxygen atoms in total. The third-order valence-corrected chi connectivity index (χ3v) is 4.06. The van der Waals surface area contributed by atoms with Crippen LogP contribution >= 0.6 is 0 Å². The fraction of sp³-hybridized carbons (Fsp3) is 0.500. The summed E-state index contributed by atoms with van der Waals surface area (Å²) in [6.45, 7) is 5.00. The van der Waals surface area contributed by atoms with E-state index in [1.165, 1.54) is 5.06 Å². The highest BCUT2D eigenvalue weighted by molar-refractivity contribution is 5.77. The lowest BCUT2D eigenvalue weighted by atomic mass is 9.74. The number of rotatable bonds is 3. The maximum Gasteiger partial charge on any atom is 0.368 e. The highest BCUT2D eigenvalue weighted by Gasteiger charge is 2.40. The van der Waals surface area contributed by atoms with Crippen LogP contribution in [0.15, 0.2) is 28.2 Å². The molecule has 0 bridgehead atoms. The molecule has 2 heterocycles. The number of hydrogen-bond donors (Lipinski definition) is 1. The maximum absolute atomic E-state index is 11.3. The summed E-state index contributed by atoms with van der Waals surface area (Å²) in [5.74, 6) is 0. The van der Waals surface area contributed by atoms with Gasteiger partial charge >= 0.3 is 6.03 Å². The summed E-state index contributed by atoms with van der Waals surface area (Å²) in [5.41, 5.74) is 0.959. The smallest absolute Gasteiger partial charge is 0.314 e. The quantitative estimate of drug-likeness (QED) is 0.883. The van der Waals surface area contributed by atoms with Crippen molar-refractivity contribution >= 4 is 6.03 Å². The number of hydroxylamine groups is 2. The van der Waals surface area contributed by atoms with Crippen molar-refractivity contribution in [1.29, 1.82) is 0 Å². The van der Waals surface area contributed by atoms with Crippen molar-refractivity contribution in [2.45, 2.75) is 32.7 Å². The number of amides is 2. The van der Waals surface area contributed by atoms with E-state index < -0.39 is 6.03 Å². The van der Waals surface area contributed by atoms with E-state index in [1.807, 2.05) is 18.2 Å². The largest absolute Gasteiger partial charge is 0.368 e. The summed E-state index contributed by atoms with van der Waals surface area (Å²) in [4.78, 5) is 19.1. The van der Waals surface area contributed by atoms with Gasteiger partial charge in [0.1, 0.15) is 0 Å². The number of nitrogens with zero attached hydrogens (tertiary/aromatic N) is 3. The molecule has 1 aromatic rings. The molecule has 0 spiro atoms. The molecule has 2 amide bonds. The molecule has 19 heavy (non-hydrogen) atoms. The van der Waals surface area contributed by atoms with Crippen molar-refractivity contribution in [3.63, 3.8) is 0 Å². The zero-order chi connectivity index (χ0) is 13.6. The van der Waals surface area contributed by atoms with Crippen molar-refractivity contribution in [2.75, 3.05) is 6.54 Å². The lowest BCUT2D eigenvalue weighted by molar-refractivity contribution is -0.212. The number of para-hydroxylation sites is 1. The Morgan fingerprint density at radius 1 is 1.42 bits per heavy atom. The molecule has 0 radical (unpaired) electrons. The molecule has 1 atom stereocenters. The molecule has 0 saturated carbocycles. The molecule has 3 rings (SSSR count). The van der Waals surface area contributed by atoms with Crippen LogP contribution in [0.25, 0.3) is 0 Å². The molecule has 1 aromatic carbocycles. The number of fused-ring (bicyclic) bond motifs is 1. The highest BCUT2D eigenvalue weighted by atomic mass is 16.5. The number of carbonyl (C=O) groups excluding carboxylic acids is 1. The van der Waals surface area contributed by atoms with Crippen molar-refractivity contribution < 1.29 is 10.0 Å². The summed E-state index contributed by atoms with van der Waals surface area (Å²) in [6, 6.07) is 5.44. The topological polar surface area (TPSA) is 65.3 Å². The van der Waals surface area contributed by atoms with Gasteiger partial charge in [0.2, 0.25) is 0 Å². The van der Waals surface area contributed by atoms with Gasteiger partial charge in [-0.25, -0.2) is 4.79 Å². The van der Waals surface area contributed by atoms with Crippen LogP contribution < -0.4 is 10.7 Å². The maximum atomic E-state index is 11.3. The van der Waals surface area contributed by atoms with E-state index in [0.717, 1.165) is 24.9 Å². The summed E-state index contributed by atoms with van der Waals surface area (Å²) >= 11 is 0. The van der Waals surface area contributed by atoms with Crippen LogP contribution in [-0.2, 0) is 6.42 Å².